The molecule has 0 heterocycles. The van der Waals surface area contributed by atoms with E-state index in [2.05, 4.69) is 5.32 Å². The van der Waals surface area contributed by atoms with Crippen LogP contribution in [0.3, 0.4) is 0 Å². The van der Waals surface area contributed by atoms with E-state index < -0.39 is 0 Å². The molecule has 2 N–H and O–H groups in total. The molecule has 0 saturated heterocycles. The molecular formula is C12H23NO. The topological polar surface area (TPSA) is 32.3 Å². The van der Waals surface area contributed by atoms with E-state index in [1.54, 1.807) is 0 Å². The molecule has 0 spiro atoms. The molecule has 82 valence electrons. The molecule has 2 saturated carbocycles. The van der Waals surface area contributed by atoms with E-state index in [0.717, 1.165) is 25.7 Å². The van der Waals surface area contributed by atoms with Gasteiger partial charge in [-0.3, -0.25) is 0 Å². The van der Waals surface area contributed by atoms with Crippen LogP contribution in [0.5, 0.6) is 0 Å². The average molecular weight is 197 g/mol. The van der Waals surface area contributed by atoms with E-state index in [0.29, 0.717) is 12.0 Å². The fourth-order valence-corrected chi connectivity index (χ4v) is 3.28. The first kappa shape index (κ1) is 10.4. The third kappa shape index (κ3) is 1.96. The van der Waals surface area contributed by atoms with Crippen molar-refractivity contribution in [1.82, 2.24) is 5.32 Å². The maximum absolute atomic E-state index is 10.6. The van der Waals surface area contributed by atoms with Crippen LogP contribution >= 0.6 is 0 Å². The zero-order chi connectivity index (χ0) is 10.0. The highest BCUT2D eigenvalue weighted by atomic mass is 16.3. The largest absolute Gasteiger partial charge is 0.390 e. The fraction of sp³-hybridized carbons (Fsp3) is 1.00. The van der Waals surface area contributed by atoms with Gasteiger partial charge in [-0.25, -0.2) is 0 Å². The van der Waals surface area contributed by atoms with Gasteiger partial charge in [0.25, 0.3) is 0 Å². The average Bonchev–Trinajstić information content (AvgIpc) is 2.72. The maximum atomic E-state index is 10.6. The van der Waals surface area contributed by atoms with E-state index in [-0.39, 0.29) is 5.60 Å². The van der Waals surface area contributed by atoms with Gasteiger partial charge in [0.15, 0.2) is 0 Å². The predicted molar refractivity (Wildman–Crippen MR) is 58.2 cm³/mol. The van der Waals surface area contributed by atoms with Crippen LogP contribution in [0.1, 0.15) is 51.4 Å². The first-order chi connectivity index (χ1) is 6.74. The SMILES string of the molecule is CNC1CCC(O)(C2CCCC2)CC1. The summed E-state index contributed by atoms with van der Waals surface area (Å²) in [6, 6.07) is 0.650. The minimum absolute atomic E-state index is 0.302. The Morgan fingerprint density at radius 2 is 1.64 bits per heavy atom. The first-order valence-corrected chi connectivity index (χ1v) is 6.14. The molecule has 0 bridgehead atoms. The van der Waals surface area contributed by atoms with Crippen LogP contribution in [0.25, 0.3) is 0 Å². The molecule has 2 aliphatic rings. The van der Waals surface area contributed by atoms with E-state index in [1.165, 1.54) is 25.7 Å². The number of rotatable bonds is 2. The van der Waals surface area contributed by atoms with E-state index in [4.69, 9.17) is 0 Å². The summed E-state index contributed by atoms with van der Waals surface area (Å²) in [5.41, 5.74) is -0.302. The number of aliphatic hydroxyl groups is 1. The van der Waals surface area contributed by atoms with E-state index in [9.17, 15) is 5.11 Å². The normalized spacial score (nSPS) is 40.3. The molecule has 2 nitrogen and oxygen atoms in total. The van der Waals surface area contributed by atoms with Crippen LogP contribution in [-0.2, 0) is 0 Å². The van der Waals surface area contributed by atoms with Gasteiger partial charge in [-0.1, -0.05) is 12.8 Å². The van der Waals surface area contributed by atoms with Crippen LogP contribution in [0.15, 0.2) is 0 Å². The monoisotopic (exact) mass is 197 g/mol. The molecule has 2 rings (SSSR count). The van der Waals surface area contributed by atoms with Gasteiger partial charge in [-0.2, -0.15) is 0 Å². The van der Waals surface area contributed by atoms with Gasteiger partial charge >= 0.3 is 0 Å². The second-order valence-electron chi connectivity index (χ2n) is 5.15. The summed E-state index contributed by atoms with van der Waals surface area (Å²) in [5.74, 6) is 0.611. The van der Waals surface area contributed by atoms with Gasteiger partial charge < -0.3 is 10.4 Å². The highest BCUT2D eigenvalue weighted by Crippen LogP contribution is 2.42. The summed E-state index contributed by atoms with van der Waals surface area (Å²) in [6.45, 7) is 0. The van der Waals surface area contributed by atoms with Crippen LogP contribution in [0.2, 0.25) is 0 Å². The molecular weight excluding hydrogens is 174 g/mol. The molecule has 14 heavy (non-hydrogen) atoms. The third-order valence-electron chi connectivity index (χ3n) is 4.37. The number of hydrogen-bond acceptors (Lipinski definition) is 2. The first-order valence-electron chi connectivity index (χ1n) is 6.14. The Balaban J connectivity index is 1.90. The zero-order valence-corrected chi connectivity index (χ0v) is 9.26. The van der Waals surface area contributed by atoms with Crippen molar-refractivity contribution < 1.29 is 5.11 Å². The van der Waals surface area contributed by atoms with Crippen molar-refractivity contribution in [2.24, 2.45) is 5.92 Å². The Bertz CT molecular complexity index is 179. The minimum Gasteiger partial charge on any atom is -0.390 e. The van der Waals surface area contributed by atoms with Crippen molar-refractivity contribution in [2.75, 3.05) is 7.05 Å². The summed E-state index contributed by atoms with van der Waals surface area (Å²) >= 11 is 0. The van der Waals surface area contributed by atoms with Crippen molar-refractivity contribution in [3.05, 3.63) is 0 Å². The van der Waals surface area contributed by atoms with Gasteiger partial charge in [-0.05, 0) is 51.5 Å². The molecule has 2 fully saturated rings. The molecule has 0 amide bonds. The van der Waals surface area contributed by atoms with Gasteiger partial charge in [0.2, 0.25) is 0 Å². The van der Waals surface area contributed by atoms with Crippen LogP contribution in [0.4, 0.5) is 0 Å². The molecule has 2 aliphatic carbocycles. The van der Waals surface area contributed by atoms with Crippen LogP contribution in [-0.4, -0.2) is 23.8 Å². The van der Waals surface area contributed by atoms with Gasteiger partial charge in [0, 0.05) is 6.04 Å². The lowest BCUT2D eigenvalue weighted by Gasteiger charge is -2.40. The molecule has 0 radical (unpaired) electrons. The van der Waals surface area contributed by atoms with Crippen LogP contribution < -0.4 is 5.32 Å². The Hall–Kier alpha value is -0.0800. The molecule has 0 aromatic rings. The van der Waals surface area contributed by atoms with Crippen molar-refractivity contribution in [3.8, 4) is 0 Å². The Kier molecular flexibility index (Phi) is 3.13. The Morgan fingerprint density at radius 3 is 2.14 bits per heavy atom. The van der Waals surface area contributed by atoms with Crippen molar-refractivity contribution in [3.63, 3.8) is 0 Å². The van der Waals surface area contributed by atoms with Crippen molar-refractivity contribution >= 4 is 0 Å². The highest BCUT2D eigenvalue weighted by Gasteiger charge is 2.40. The lowest BCUT2D eigenvalue weighted by atomic mass is 9.73. The standard InChI is InChI=1S/C12H23NO/c1-13-11-6-8-12(14,9-7-11)10-4-2-3-5-10/h10-11,13-14H,2-9H2,1H3. The van der Waals surface area contributed by atoms with E-state index >= 15 is 0 Å². The summed E-state index contributed by atoms with van der Waals surface area (Å²) in [6.07, 6.45) is 9.55. The Morgan fingerprint density at radius 1 is 1.07 bits per heavy atom. The summed E-state index contributed by atoms with van der Waals surface area (Å²) < 4.78 is 0. The van der Waals surface area contributed by atoms with Crippen molar-refractivity contribution in [1.29, 1.82) is 0 Å². The minimum atomic E-state index is -0.302. The maximum Gasteiger partial charge on any atom is 0.0677 e. The molecule has 0 unspecified atom stereocenters. The van der Waals surface area contributed by atoms with Gasteiger partial charge in [0.05, 0.1) is 5.60 Å². The van der Waals surface area contributed by atoms with Gasteiger partial charge in [-0.15, -0.1) is 0 Å². The lowest BCUT2D eigenvalue weighted by Crippen LogP contribution is -2.44. The Labute approximate surface area is 87.1 Å². The zero-order valence-electron chi connectivity index (χ0n) is 9.26. The summed E-state index contributed by atoms with van der Waals surface area (Å²) in [5, 5.41) is 13.9. The molecule has 0 aromatic carbocycles. The molecule has 0 aromatic heterocycles. The predicted octanol–water partition coefficient (Wildman–Crippen LogP) is 2.07. The molecule has 0 aliphatic heterocycles. The fourth-order valence-electron chi connectivity index (χ4n) is 3.28. The van der Waals surface area contributed by atoms with Gasteiger partial charge in [0.1, 0.15) is 0 Å². The quantitative estimate of drug-likeness (QED) is 0.710. The second kappa shape index (κ2) is 4.19. The summed E-state index contributed by atoms with van der Waals surface area (Å²) in [7, 11) is 2.03. The molecule has 0 atom stereocenters. The molecule has 2 heteroatoms. The number of hydrogen-bond donors (Lipinski definition) is 2. The van der Waals surface area contributed by atoms with Crippen molar-refractivity contribution in [2.45, 2.75) is 63.0 Å². The second-order valence-corrected chi connectivity index (χ2v) is 5.15. The lowest BCUT2D eigenvalue weighted by molar-refractivity contribution is -0.0521. The third-order valence-corrected chi connectivity index (χ3v) is 4.37. The highest BCUT2D eigenvalue weighted by molar-refractivity contribution is 4.94. The van der Waals surface area contributed by atoms with Crippen LogP contribution in [0, 0.1) is 5.92 Å². The van der Waals surface area contributed by atoms with E-state index in [1.807, 2.05) is 7.05 Å². The number of nitrogens with one attached hydrogen (secondary N) is 1. The summed E-state index contributed by atoms with van der Waals surface area (Å²) in [4.78, 5) is 0. The smallest absolute Gasteiger partial charge is 0.0677 e.